The number of aliphatic hydroxyl groups excluding tert-OH is 1. The van der Waals surface area contributed by atoms with Gasteiger partial charge in [0.1, 0.15) is 0 Å². The van der Waals surface area contributed by atoms with Crippen LogP contribution in [-0.2, 0) is 0 Å². The van der Waals surface area contributed by atoms with Gasteiger partial charge in [0.05, 0.1) is 6.10 Å². The van der Waals surface area contributed by atoms with E-state index in [-0.39, 0.29) is 6.10 Å². The zero-order valence-electron chi connectivity index (χ0n) is 8.20. The summed E-state index contributed by atoms with van der Waals surface area (Å²) in [5, 5.41) is 9.32. The fourth-order valence-electron chi connectivity index (χ4n) is 1.12. The molecule has 0 bridgehead atoms. The van der Waals surface area contributed by atoms with Crippen molar-refractivity contribution in [1.82, 2.24) is 0 Å². The van der Waals surface area contributed by atoms with Crippen LogP contribution in [-0.4, -0.2) is 11.2 Å². The topological polar surface area (TPSA) is 20.2 Å². The average Bonchev–Trinajstić information content (AvgIpc) is 2.16. The van der Waals surface area contributed by atoms with Gasteiger partial charge in [0.2, 0.25) is 0 Å². The Bertz CT molecular complexity index is 289. The summed E-state index contributed by atoms with van der Waals surface area (Å²) < 4.78 is 0. The van der Waals surface area contributed by atoms with Gasteiger partial charge in [0.25, 0.3) is 0 Å². The van der Waals surface area contributed by atoms with E-state index in [2.05, 4.69) is 13.0 Å². The number of benzene rings is 1. The molecule has 0 saturated heterocycles. The van der Waals surface area contributed by atoms with E-state index in [1.807, 2.05) is 37.3 Å². The number of aryl methyl sites for hydroxylation is 1. The smallest absolute Gasteiger partial charge is 0.0721 e. The lowest BCUT2D eigenvalue weighted by Crippen LogP contribution is -1.97. The Balaban J connectivity index is 2.74. The minimum Gasteiger partial charge on any atom is -0.389 e. The molecule has 0 radical (unpaired) electrons. The normalized spacial score (nSPS) is 13.5. The number of hydrogen-bond acceptors (Lipinski definition) is 1. The average molecular weight is 176 g/mol. The molecule has 0 aliphatic heterocycles. The van der Waals surface area contributed by atoms with E-state index in [0.29, 0.717) is 0 Å². The molecule has 0 aromatic heterocycles. The van der Waals surface area contributed by atoms with E-state index in [0.717, 1.165) is 6.42 Å². The van der Waals surface area contributed by atoms with Crippen LogP contribution in [0.3, 0.4) is 0 Å². The Kier molecular flexibility index (Phi) is 3.71. The standard InChI is InChI=1S/C12H16O/c1-3-12(13)9-8-11-7-5-4-6-10(11)2/h4-9,12-13H,3H2,1-2H3/b9-8+/t12-/m0/s1. The van der Waals surface area contributed by atoms with E-state index in [1.54, 1.807) is 0 Å². The maximum Gasteiger partial charge on any atom is 0.0721 e. The van der Waals surface area contributed by atoms with Crippen molar-refractivity contribution >= 4 is 6.08 Å². The van der Waals surface area contributed by atoms with Gasteiger partial charge < -0.3 is 5.11 Å². The number of aliphatic hydroxyl groups is 1. The van der Waals surface area contributed by atoms with E-state index in [1.165, 1.54) is 11.1 Å². The van der Waals surface area contributed by atoms with Crippen LogP contribution >= 0.6 is 0 Å². The van der Waals surface area contributed by atoms with Gasteiger partial charge in [0, 0.05) is 0 Å². The SMILES string of the molecule is CC[C@H](O)/C=C/c1ccccc1C. The van der Waals surface area contributed by atoms with Gasteiger partial charge in [-0.15, -0.1) is 0 Å². The van der Waals surface area contributed by atoms with Crippen LogP contribution in [0.5, 0.6) is 0 Å². The third-order valence-corrected chi connectivity index (χ3v) is 2.10. The van der Waals surface area contributed by atoms with Gasteiger partial charge in [-0.2, -0.15) is 0 Å². The lowest BCUT2D eigenvalue weighted by atomic mass is 10.1. The Morgan fingerprint density at radius 1 is 1.38 bits per heavy atom. The quantitative estimate of drug-likeness (QED) is 0.750. The molecule has 0 unspecified atom stereocenters. The molecule has 0 saturated carbocycles. The van der Waals surface area contributed by atoms with Crippen LogP contribution in [0, 0.1) is 6.92 Å². The Morgan fingerprint density at radius 2 is 2.08 bits per heavy atom. The molecule has 1 rings (SSSR count). The van der Waals surface area contributed by atoms with Gasteiger partial charge >= 0.3 is 0 Å². The summed E-state index contributed by atoms with van der Waals surface area (Å²) in [5.41, 5.74) is 2.41. The Morgan fingerprint density at radius 3 is 2.69 bits per heavy atom. The maximum atomic E-state index is 9.32. The summed E-state index contributed by atoms with van der Waals surface area (Å²) >= 11 is 0. The molecule has 1 heteroatoms. The van der Waals surface area contributed by atoms with Gasteiger partial charge in [0.15, 0.2) is 0 Å². The molecule has 70 valence electrons. The van der Waals surface area contributed by atoms with Gasteiger partial charge in [-0.3, -0.25) is 0 Å². The molecular formula is C12H16O. The summed E-state index contributed by atoms with van der Waals surface area (Å²) in [4.78, 5) is 0. The molecule has 1 aromatic carbocycles. The highest BCUT2D eigenvalue weighted by Crippen LogP contribution is 2.09. The van der Waals surface area contributed by atoms with E-state index >= 15 is 0 Å². The molecule has 0 aliphatic carbocycles. The van der Waals surface area contributed by atoms with Crippen molar-refractivity contribution in [3.63, 3.8) is 0 Å². The lowest BCUT2D eigenvalue weighted by Gasteiger charge is -2.01. The molecule has 0 aliphatic rings. The summed E-state index contributed by atoms with van der Waals surface area (Å²) in [6, 6.07) is 8.14. The molecule has 1 N–H and O–H groups in total. The van der Waals surface area contributed by atoms with Crippen LogP contribution in [0.4, 0.5) is 0 Å². The van der Waals surface area contributed by atoms with Crippen LogP contribution in [0.15, 0.2) is 30.3 Å². The highest BCUT2D eigenvalue weighted by atomic mass is 16.3. The molecule has 0 amide bonds. The number of hydrogen-bond donors (Lipinski definition) is 1. The van der Waals surface area contributed by atoms with Crippen LogP contribution < -0.4 is 0 Å². The van der Waals surface area contributed by atoms with Crippen LogP contribution in [0.1, 0.15) is 24.5 Å². The van der Waals surface area contributed by atoms with Crippen molar-refractivity contribution in [2.75, 3.05) is 0 Å². The van der Waals surface area contributed by atoms with Gasteiger partial charge in [-0.25, -0.2) is 0 Å². The highest BCUT2D eigenvalue weighted by molar-refractivity contribution is 5.53. The third kappa shape index (κ3) is 3.03. The zero-order valence-corrected chi connectivity index (χ0v) is 8.20. The second-order valence-corrected chi connectivity index (χ2v) is 3.19. The van der Waals surface area contributed by atoms with E-state index in [9.17, 15) is 5.11 Å². The first kappa shape index (κ1) is 10.0. The molecule has 0 spiro atoms. The lowest BCUT2D eigenvalue weighted by molar-refractivity contribution is 0.220. The van der Waals surface area contributed by atoms with Crippen molar-refractivity contribution in [3.8, 4) is 0 Å². The van der Waals surface area contributed by atoms with E-state index in [4.69, 9.17) is 0 Å². The molecule has 13 heavy (non-hydrogen) atoms. The van der Waals surface area contributed by atoms with Gasteiger partial charge in [-0.1, -0.05) is 43.3 Å². The van der Waals surface area contributed by atoms with Crippen molar-refractivity contribution < 1.29 is 5.11 Å². The first-order valence-electron chi connectivity index (χ1n) is 4.66. The fraction of sp³-hybridized carbons (Fsp3) is 0.333. The fourth-order valence-corrected chi connectivity index (χ4v) is 1.12. The van der Waals surface area contributed by atoms with Crippen molar-refractivity contribution in [3.05, 3.63) is 41.5 Å². The van der Waals surface area contributed by atoms with Crippen LogP contribution in [0.2, 0.25) is 0 Å². The first-order valence-corrected chi connectivity index (χ1v) is 4.66. The molecule has 1 atom stereocenters. The second-order valence-electron chi connectivity index (χ2n) is 3.19. The summed E-state index contributed by atoms with van der Waals surface area (Å²) in [6.07, 6.45) is 4.26. The largest absolute Gasteiger partial charge is 0.389 e. The van der Waals surface area contributed by atoms with Crippen molar-refractivity contribution in [2.24, 2.45) is 0 Å². The van der Waals surface area contributed by atoms with Crippen molar-refractivity contribution in [1.29, 1.82) is 0 Å². The first-order chi connectivity index (χ1) is 6.24. The zero-order chi connectivity index (χ0) is 9.68. The summed E-state index contributed by atoms with van der Waals surface area (Å²) in [6.45, 7) is 4.03. The molecule has 1 nitrogen and oxygen atoms in total. The maximum absolute atomic E-state index is 9.32. The number of rotatable bonds is 3. The predicted octanol–water partition coefficient (Wildman–Crippen LogP) is 2.78. The Hall–Kier alpha value is -1.08. The summed E-state index contributed by atoms with van der Waals surface area (Å²) in [5.74, 6) is 0. The van der Waals surface area contributed by atoms with E-state index < -0.39 is 0 Å². The predicted molar refractivity (Wildman–Crippen MR) is 56.5 cm³/mol. The minimum absolute atomic E-state index is 0.320. The minimum atomic E-state index is -0.320. The Labute approximate surface area is 79.7 Å². The molecular weight excluding hydrogens is 160 g/mol. The monoisotopic (exact) mass is 176 g/mol. The van der Waals surface area contributed by atoms with Crippen LogP contribution in [0.25, 0.3) is 6.08 Å². The van der Waals surface area contributed by atoms with Gasteiger partial charge in [-0.05, 0) is 24.5 Å². The molecule has 0 fully saturated rings. The highest BCUT2D eigenvalue weighted by Gasteiger charge is 1.94. The second kappa shape index (κ2) is 4.83. The molecule has 1 aromatic rings. The van der Waals surface area contributed by atoms with Crippen molar-refractivity contribution in [2.45, 2.75) is 26.4 Å². The summed E-state index contributed by atoms with van der Waals surface area (Å²) in [7, 11) is 0. The molecule has 0 heterocycles. The third-order valence-electron chi connectivity index (χ3n) is 2.10.